The summed E-state index contributed by atoms with van der Waals surface area (Å²) in [5.74, 6) is -3.42. The molecule has 190 valence electrons. The van der Waals surface area contributed by atoms with Crippen LogP contribution in [-0.4, -0.2) is 70.9 Å². The molecule has 0 aliphatic carbocycles. The van der Waals surface area contributed by atoms with Crippen molar-refractivity contribution in [2.45, 2.75) is 77.5 Å². The van der Waals surface area contributed by atoms with E-state index in [-0.39, 0.29) is 24.7 Å². The average Bonchev–Trinajstić information content (AvgIpc) is 2.68. The Bertz CT molecular complexity index is 688. The highest BCUT2D eigenvalue weighted by Gasteiger charge is 2.31. The molecule has 4 unspecified atom stereocenters. The molecule has 33 heavy (non-hydrogen) atoms. The predicted molar refractivity (Wildman–Crippen MR) is 127 cm³/mol. The molecule has 0 aliphatic heterocycles. The number of nitrogens with two attached hydrogens (primary N) is 2. The fourth-order valence-corrected chi connectivity index (χ4v) is 3.52. The molecule has 0 saturated carbocycles. The third-order valence-electron chi connectivity index (χ3n) is 4.67. The van der Waals surface area contributed by atoms with Crippen LogP contribution in [0.25, 0.3) is 0 Å². The summed E-state index contributed by atoms with van der Waals surface area (Å²) in [4.78, 5) is 61.0. The maximum Gasteiger partial charge on any atom is 0.326 e. The quantitative estimate of drug-likeness (QED) is 0.168. The van der Waals surface area contributed by atoms with Gasteiger partial charge in [0.2, 0.25) is 23.6 Å². The highest BCUT2D eigenvalue weighted by Crippen LogP contribution is 2.09. The monoisotopic (exact) mass is 489 g/mol. The Balaban J connectivity index is 5.48. The summed E-state index contributed by atoms with van der Waals surface area (Å²) in [6, 6.07) is -4.37. The SMILES string of the molecule is CSCCC(NC(=O)C(CC(N)=O)NC(=O)C(CC(C)C)NC(=O)C(N)CC(C)C)C(=O)O. The van der Waals surface area contributed by atoms with E-state index in [1.807, 2.05) is 27.7 Å². The molecule has 0 spiro atoms. The molecule has 8 N–H and O–H groups in total. The Morgan fingerprint density at radius 1 is 0.818 bits per heavy atom. The molecule has 11 nitrogen and oxygen atoms in total. The van der Waals surface area contributed by atoms with Gasteiger partial charge in [0.1, 0.15) is 18.1 Å². The van der Waals surface area contributed by atoms with E-state index in [9.17, 15) is 29.1 Å². The number of thioether (sulfide) groups is 1. The van der Waals surface area contributed by atoms with Crippen LogP contribution in [0.3, 0.4) is 0 Å². The second kappa shape index (κ2) is 15.5. The van der Waals surface area contributed by atoms with E-state index in [1.54, 1.807) is 6.26 Å². The van der Waals surface area contributed by atoms with Gasteiger partial charge in [-0.3, -0.25) is 19.2 Å². The van der Waals surface area contributed by atoms with Crippen LogP contribution in [0.5, 0.6) is 0 Å². The third-order valence-corrected chi connectivity index (χ3v) is 5.31. The van der Waals surface area contributed by atoms with Gasteiger partial charge in [-0.15, -0.1) is 0 Å². The Kier molecular flexibility index (Phi) is 14.4. The molecule has 4 amide bonds. The van der Waals surface area contributed by atoms with Crippen LogP contribution in [-0.2, 0) is 24.0 Å². The Labute approximate surface area is 199 Å². The largest absolute Gasteiger partial charge is 0.480 e. The van der Waals surface area contributed by atoms with Gasteiger partial charge < -0.3 is 32.5 Å². The van der Waals surface area contributed by atoms with Crippen LogP contribution in [0.4, 0.5) is 0 Å². The number of amides is 4. The molecule has 0 aromatic rings. The Morgan fingerprint density at radius 2 is 1.30 bits per heavy atom. The van der Waals surface area contributed by atoms with E-state index in [1.165, 1.54) is 11.8 Å². The van der Waals surface area contributed by atoms with Crippen molar-refractivity contribution in [3.63, 3.8) is 0 Å². The lowest BCUT2D eigenvalue weighted by atomic mass is 10.00. The van der Waals surface area contributed by atoms with Crippen LogP contribution >= 0.6 is 11.8 Å². The first-order chi connectivity index (χ1) is 15.3. The number of carbonyl (C=O) groups is 5. The van der Waals surface area contributed by atoms with Crippen molar-refractivity contribution in [2.75, 3.05) is 12.0 Å². The van der Waals surface area contributed by atoms with Gasteiger partial charge in [0.25, 0.3) is 0 Å². The van der Waals surface area contributed by atoms with Crippen LogP contribution in [0.1, 0.15) is 53.4 Å². The molecule has 0 saturated heterocycles. The second-order valence-electron chi connectivity index (χ2n) is 8.84. The highest BCUT2D eigenvalue weighted by molar-refractivity contribution is 7.98. The number of rotatable bonds is 16. The third kappa shape index (κ3) is 13.1. The lowest BCUT2D eigenvalue weighted by Crippen LogP contribution is -2.58. The van der Waals surface area contributed by atoms with E-state index < -0.39 is 60.2 Å². The minimum atomic E-state index is -1.39. The first kappa shape index (κ1) is 30.7. The number of aliphatic carboxylic acids is 1. The van der Waals surface area contributed by atoms with Crippen molar-refractivity contribution in [2.24, 2.45) is 23.3 Å². The highest BCUT2D eigenvalue weighted by atomic mass is 32.2. The van der Waals surface area contributed by atoms with Crippen molar-refractivity contribution >= 4 is 41.4 Å². The molecule has 0 radical (unpaired) electrons. The van der Waals surface area contributed by atoms with Gasteiger partial charge in [-0.05, 0) is 43.1 Å². The zero-order valence-electron chi connectivity index (χ0n) is 20.1. The molecule has 0 fully saturated rings. The van der Waals surface area contributed by atoms with Gasteiger partial charge in [0, 0.05) is 0 Å². The van der Waals surface area contributed by atoms with Crippen LogP contribution in [0.15, 0.2) is 0 Å². The van der Waals surface area contributed by atoms with Crippen molar-refractivity contribution in [1.29, 1.82) is 0 Å². The molecule has 0 heterocycles. The fraction of sp³-hybridized carbons (Fsp3) is 0.762. The number of nitrogens with one attached hydrogen (secondary N) is 3. The van der Waals surface area contributed by atoms with Crippen LogP contribution < -0.4 is 27.4 Å². The lowest BCUT2D eigenvalue weighted by Gasteiger charge is -2.26. The minimum Gasteiger partial charge on any atom is -0.480 e. The van der Waals surface area contributed by atoms with Gasteiger partial charge in [0.15, 0.2) is 0 Å². The number of hydrogen-bond acceptors (Lipinski definition) is 7. The molecule has 0 aromatic carbocycles. The number of carboxylic acid groups (broad SMARTS) is 1. The average molecular weight is 490 g/mol. The number of carbonyl (C=O) groups excluding carboxylic acids is 4. The normalized spacial score (nSPS) is 14.8. The molecule has 4 atom stereocenters. The smallest absolute Gasteiger partial charge is 0.326 e. The van der Waals surface area contributed by atoms with E-state index in [0.717, 1.165) is 0 Å². The van der Waals surface area contributed by atoms with Crippen molar-refractivity contribution in [3.8, 4) is 0 Å². The standard InChI is InChI=1S/C21H39N5O6S/c1-11(2)8-13(22)18(28)25-15(9-12(3)4)19(29)26-16(10-17(23)27)20(30)24-14(21(31)32)6-7-33-5/h11-16H,6-10,22H2,1-5H3,(H2,23,27)(H,24,30)(H,25,28)(H,26,29)(H,31,32). The molecule has 12 heteroatoms. The zero-order valence-corrected chi connectivity index (χ0v) is 20.9. The summed E-state index contributed by atoms with van der Waals surface area (Å²) in [7, 11) is 0. The number of primary amides is 1. The number of carboxylic acids is 1. The first-order valence-electron chi connectivity index (χ1n) is 10.9. The van der Waals surface area contributed by atoms with E-state index in [2.05, 4.69) is 16.0 Å². The van der Waals surface area contributed by atoms with Gasteiger partial charge in [-0.2, -0.15) is 11.8 Å². The summed E-state index contributed by atoms with van der Waals surface area (Å²) >= 11 is 1.42. The predicted octanol–water partition coefficient (Wildman–Crippen LogP) is -0.427. The summed E-state index contributed by atoms with van der Waals surface area (Å²) in [6.07, 6.45) is 2.14. The molecule has 0 rings (SSSR count). The van der Waals surface area contributed by atoms with E-state index in [0.29, 0.717) is 12.2 Å². The molecule has 0 bridgehead atoms. The lowest BCUT2D eigenvalue weighted by molar-refractivity contribution is -0.142. The maximum absolute atomic E-state index is 12.9. The van der Waals surface area contributed by atoms with Crippen molar-refractivity contribution in [3.05, 3.63) is 0 Å². The second-order valence-corrected chi connectivity index (χ2v) is 9.82. The summed E-state index contributed by atoms with van der Waals surface area (Å²) in [6.45, 7) is 7.55. The Morgan fingerprint density at radius 3 is 1.76 bits per heavy atom. The summed E-state index contributed by atoms with van der Waals surface area (Å²) in [5.41, 5.74) is 11.1. The molecule has 0 aromatic heterocycles. The van der Waals surface area contributed by atoms with Crippen LogP contribution in [0, 0.1) is 11.8 Å². The fourth-order valence-electron chi connectivity index (χ4n) is 3.04. The van der Waals surface area contributed by atoms with Crippen molar-refractivity contribution in [1.82, 2.24) is 16.0 Å². The van der Waals surface area contributed by atoms with Crippen molar-refractivity contribution < 1.29 is 29.1 Å². The van der Waals surface area contributed by atoms with Gasteiger partial charge in [-0.1, -0.05) is 27.7 Å². The van der Waals surface area contributed by atoms with E-state index in [4.69, 9.17) is 11.5 Å². The molecular formula is C21H39N5O6S. The topological polar surface area (TPSA) is 194 Å². The molecular weight excluding hydrogens is 450 g/mol. The number of hydrogen-bond donors (Lipinski definition) is 6. The first-order valence-corrected chi connectivity index (χ1v) is 12.3. The zero-order chi connectivity index (χ0) is 25.7. The van der Waals surface area contributed by atoms with Gasteiger partial charge in [0.05, 0.1) is 12.5 Å². The Hall–Kier alpha value is -2.34. The minimum absolute atomic E-state index is 0.0220. The summed E-state index contributed by atoms with van der Waals surface area (Å²) < 4.78 is 0. The van der Waals surface area contributed by atoms with Gasteiger partial charge >= 0.3 is 5.97 Å². The molecule has 0 aliphatic rings. The van der Waals surface area contributed by atoms with E-state index >= 15 is 0 Å². The maximum atomic E-state index is 12.9. The van der Waals surface area contributed by atoms with Gasteiger partial charge in [-0.25, -0.2) is 4.79 Å². The van der Waals surface area contributed by atoms with Crippen LogP contribution in [0.2, 0.25) is 0 Å². The summed E-state index contributed by atoms with van der Waals surface area (Å²) in [5, 5.41) is 16.7.